The fourth-order valence-corrected chi connectivity index (χ4v) is 4.24. The van der Waals surface area contributed by atoms with E-state index in [0.717, 1.165) is 64.3 Å². The van der Waals surface area contributed by atoms with Crippen molar-refractivity contribution in [1.82, 2.24) is 25.1 Å². The molecule has 0 fully saturated rings. The van der Waals surface area contributed by atoms with Crippen LogP contribution in [-0.2, 0) is 6.42 Å². The number of nitrogens with zero attached hydrogens (tertiary/aromatic N) is 3. The van der Waals surface area contributed by atoms with E-state index in [1.165, 1.54) is 5.57 Å². The highest BCUT2D eigenvalue weighted by Crippen LogP contribution is 2.32. The van der Waals surface area contributed by atoms with Gasteiger partial charge in [-0.3, -0.25) is 10.00 Å². The predicted octanol–water partition coefficient (Wildman–Crippen LogP) is 3.58. The highest BCUT2D eigenvalue weighted by Gasteiger charge is 2.18. The summed E-state index contributed by atoms with van der Waals surface area (Å²) in [7, 11) is 0. The summed E-state index contributed by atoms with van der Waals surface area (Å²) in [5, 5.41) is 27.6. The molecule has 0 atom stereocenters. The number of fused-ring (bicyclic) bond motifs is 1. The van der Waals surface area contributed by atoms with Gasteiger partial charge in [-0.1, -0.05) is 25.1 Å². The summed E-state index contributed by atoms with van der Waals surface area (Å²) in [5.74, 6) is 1.02. The monoisotopic (exact) mass is 415 g/mol. The van der Waals surface area contributed by atoms with Crippen LogP contribution in [0.25, 0.3) is 39.1 Å². The maximum absolute atomic E-state index is 9.79. The molecule has 0 radical (unpaired) electrons. The first-order valence-electron chi connectivity index (χ1n) is 10.5. The Balaban J connectivity index is 1.45. The van der Waals surface area contributed by atoms with Gasteiger partial charge in [0.1, 0.15) is 11.4 Å². The average molecular weight is 415 g/mol. The highest BCUT2D eigenvalue weighted by atomic mass is 16.3. The van der Waals surface area contributed by atoms with Gasteiger partial charge in [-0.15, -0.1) is 0 Å². The van der Waals surface area contributed by atoms with Crippen molar-refractivity contribution in [3.63, 3.8) is 0 Å². The number of aromatic amines is 2. The van der Waals surface area contributed by atoms with Crippen LogP contribution in [0.4, 0.5) is 0 Å². The number of aromatic hydroxyl groups is 1. The second kappa shape index (κ2) is 8.02. The molecule has 0 aliphatic carbocycles. The van der Waals surface area contributed by atoms with E-state index in [4.69, 9.17) is 5.11 Å². The minimum Gasteiger partial charge on any atom is -0.508 e. The maximum atomic E-state index is 9.79. The smallest absolute Gasteiger partial charge is 0.159 e. The Bertz CT molecular complexity index is 1270. The van der Waals surface area contributed by atoms with Crippen LogP contribution in [0.5, 0.6) is 5.75 Å². The first-order chi connectivity index (χ1) is 15.2. The van der Waals surface area contributed by atoms with Gasteiger partial charge in [0.2, 0.25) is 0 Å². The summed E-state index contributed by atoms with van der Waals surface area (Å²) in [4.78, 5) is 10.2. The van der Waals surface area contributed by atoms with Gasteiger partial charge in [0.15, 0.2) is 5.82 Å². The van der Waals surface area contributed by atoms with Crippen molar-refractivity contribution >= 4 is 16.5 Å². The van der Waals surface area contributed by atoms with Crippen LogP contribution in [0.3, 0.4) is 0 Å². The molecule has 5 rings (SSSR count). The molecule has 4 N–H and O–H groups in total. The molecule has 158 valence electrons. The van der Waals surface area contributed by atoms with E-state index in [-0.39, 0.29) is 12.4 Å². The van der Waals surface area contributed by atoms with Gasteiger partial charge in [0, 0.05) is 25.0 Å². The summed E-state index contributed by atoms with van der Waals surface area (Å²) in [6.45, 7) is 4.58. The summed E-state index contributed by atoms with van der Waals surface area (Å²) >= 11 is 0. The molecule has 3 heterocycles. The first-order valence-corrected chi connectivity index (χ1v) is 10.5. The predicted molar refractivity (Wildman–Crippen MR) is 122 cm³/mol. The molecule has 0 unspecified atom stereocenters. The van der Waals surface area contributed by atoms with Crippen LogP contribution < -0.4 is 0 Å². The number of aliphatic hydroxyl groups is 1. The summed E-state index contributed by atoms with van der Waals surface area (Å²) in [5.41, 5.74) is 7.21. The molecular weight excluding hydrogens is 390 g/mol. The van der Waals surface area contributed by atoms with E-state index in [9.17, 15) is 5.11 Å². The van der Waals surface area contributed by atoms with Crippen LogP contribution in [0.1, 0.15) is 18.2 Å². The Morgan fingerprint density at radius 2 is 2.06 bits per heavy atom. The largest absolute Gasteiger partial charge is 0.508 e. The van der Waals surface area contributed by atoms with E-state index in [1.54, 1.807) is 6.07 Å². The lowest BCUT2D eigenvalue weighted by molar-refractivity contribution is 0.227. The summed E-state index contributed by atoms with van der Waals surface area (Å²) < 4.78 is 0. The Labute approximate surface area is 180 Å². The average Bonchev–Trinajstić information content (AvgIpc) is 3.52. The van der Waals surface area contributed by atoms with Crippen molar-refractivity contribution in [3.8, 4) is 28.4 Å². The number of phenolic OH excluding ortho intramolecular Hbond substituents is 1. The number of nitrogens with one attached hydrogen (secondary N) is 2. The molecule has 1 aliphatic heterocycles. The number of phenols is 1. The normalized spacial score (nSPS) is 14.5. The zero-order valence-electron chi connectivity index (χ0n) is 17.4. The maximum Gasteiger partial charge on any atom is 0.159 e. The summed E-state index contributed by atoms with van der Waals surface area (Å²) in [6.07, 6.45) is 4.87. The van der Waals surface area contributed by atoms with Crippen molar-refractivity contribution in [1.29, 1.82) is 0 Å². The molecule has 0 amide bonds. The third-order valence-corrected chi connectivity index (χ3v) is 5.90. The van der Waals surface area contributed by atoms with Gasteiger partial charge >= 0.3 is 0 Å². The fraction of sp³-hybridized carbons (Fsp3) is 0.250. The number of imidazole rings is 1. The molecule has 7 heteroatoms. The number of H-pyrrole nitrogens is 2. The number of rotatable bonds is 6. The van der Waals surface area contributed by atoms with Crippen LogP contribution in [-0.4, -0.2) is 61.5 Å². The standard InChI is InChI=1S/C24H25N5O2/c1-2-15-11-18(31)4-6-19(15)16-3-5-20-21(12-16)27-28-23(20)24-25-13-22(26-24)17-7-8-29(14-17)9-10-30/h3-7,11-13,30-31H,2,8-10,14H2,1H3,(H,25,26)(H,27,28). The van der Waals surface area contributed by atoms with E-state index < -0.39 is 0 Å². The zero-order chi connectivity index (χ0) is 21.4. The van der Waals surface area contributed by atoms with E-state index in [2.05, 4.69) is 56.3 Å². The minimum absolute atomic E-state index is 0.167. The third kappa shape index (κ3) is 3.62. The molecule has 0 bridgehead atoms. The molecular formula is C24H25N5O2. The van der Waals surface area contributed by atoms with Gasteiger partial charge in [-0.25, -0.2) is 4.98 Å². The van der Waals surface area contributed by atoms with Crippen molar-refractivity contribution in [2.24, 2.45) is 0 Å². The molecule has 2 aromatic carbocycles. The van der Waals surface area contributed by atoms with E-state index >= 15 is 0 Å². The molecule has 7 nitrogen and oxygen atoms in total. The van der Waals surface area contributed by atoms with Crippen LogP contribution in [0.15, 0.2) is 48.7 Å². The van der Waals surface area contributed by atoms with Crippen molar-refractivity contribution < 1.29 is 10.2 Å². The van der Waals surface area contributed by atoms with Gasteiger partial charge < -0.3 is 15.2 Å². The number of hydrogen-bond donors (Lipinski definition) is 4. The second-order valence-electron chi connectivity index (χ2n) is 7.86. The first kappa shape index (κ1) is 19.5. The van der Waals surface area contributed by atoms with Gasteiger partial charge in [0.05, 0.1) is 24.0 Å². The fourth-order valence-electron chi connectivity index (χ4n) is 4.24. The quantitative estimate of drug-likeness (QED) is 0.386. The topological polar surface area (TPSA) is 101 Å². The van der Waals surface area contributed by atoms with Crippen molar-refractivity contribution in [3.05, 3.63) is 59.9 Å². The lowest BCUT2D eigenvalue weighted by Gasteiger charge is -2.12. The second-order valence-corrected chi connectivity index (χ2v) is 7.86. The Morgan fingerprint density at radius 1 is 1.16 bits per heavy atom. The molecule has 2 aromatic heterocycles. The number of β-amino-alcohol motifs (C(OH)–C–C–N with tert-alkyl or cyclic N) is 1. The highest BCUT2D eigenvalue weighted by molar-refractivity contribution is 5.94. The van der Waals surface area contributed by atoms with Crippen molar-refractivity contribution in [2.45, 2.75) is 13.3 Å². The van der Waals surface area contributed by atoms with Crippen LogP contribution >= 0.6 is 0 Å². The lowest BCUT2D eigenvalue weighted by atomic mass is 9.97. The van der Waals surface area contributed by atoms with Crippen molar-refractivity contribution in [2.75, 3.05) is 26.2 Å². The van der Waals surface area contributed by atoms with E-state index in [0.29, 0.717) is 6.54 Å². The number of aryl methyl sites for hydroxylation is 1. The Morgan fingerprint density at radius 3 is 2.90 bits per heavy atom. The lowest BCUT2D eigenvalue weighted by Crippen LogP contribution is -2.24. The number of aromatic nitrogens is 4. The molecule has 4 aromatic rings. The number of aliphatic hydroxyl groups excluding tert-OH is 1. The Hall–Kier alpha value is -3.42. The molecule has 0 saturated heterocycles. The Kier molecular flexibility index (Phi) is 5.05. The van der Waals surface area contributed by atoms with Gasteiger partial charge in [0.25, 0.3) is 0 Å². The van der Waals surface area contributed by atoms with Crippen LogP contribution in [0, 0.1) is 0 Å². The summed E-state index contributed by atoms with van der Waals surface area (Å²) in [6, 6.07) is 11.7. The molecule has 31 heavy (non-hydrogen) atoms. The molecule has 0 spiro atoms. The van der Waals surface area contributed by atoms with Gasteiger partial charge in [-0.05, 0) is 52.9 Å². The molecule has 0 saturated carbocycles. The zero-order valence-corrected chi connectivity index (χ0v) is 17.4. The number of benzene rings is 2. The SMILES string of the molecule is CCc1cc(O)ccc1-c1ccc2c(-c3ncc(C4=CCN(CCO)C4)[nH]3)n[nH]c2c1. The van der Waals surface area contributed by atoms with E-state index in [1.807, 2.05) is 18.3 Å². The van der Waals surface area contributed by atoms with Gasteiger partial charge in [-0.2, -0.15) is 5.10 Å². The van der Waals surface area contributed by atoms with Crippen LogP contribution in [0.2, 0.25) is 0 Å². The minimum atomic E-state index is 0.167. The number of hydrogen-bond acceptors (Lipinski definition) is 5. The molecule has 1 aliphatic rings. The third-order valence-electron chi connectivity index (χ3n) is 5.90.